The number of hydrogen-bond acceptors (Lipinski definition) is 7. The Kier molecular flexibility index (Phi) is 6.92. The number of pyridine rings is 1. The van der Waals surface area contributed by atoms with Gasteiger partial charge < -0.3 is 19.3 Å². The summed E-state index contributed by atoms with van der Waals surface area (Å²) < 4.78 is 41.3. The first-order valence-corrected chi connectivity index (χ1v) is 12.9. The lowest BCUT2D eigenvalue weighted by Crippen LogP contribution is -2.55. The van der Waals surface area contributed by atoms with Crippen LogP contribution in [-0.2, 0) is 4.74 Å². The van der Waals surface area contributed by atoms with Crippen molar-refractivity contribution in [2.75, 3.05) is 31.6 Å². The number of carbonyl (C=O) groups is 1. The summed E-state index contributed by atoms with van der Waals surface area (Å²) in [6.45, 7) is 8.63. The number of piperazine rings is 1. The van der Waals surface area contributed by atoms with E-state index >= 15 is 4.39 Å². The van der Waals surface area contributed by atoms with Gasteiger partial charge in [-0.05, 0) is 39.1 Å². The maximum absolute atomic E-state index is 16.1. The molecule has 0 spiro atoms. The Bertz CT molecular complexity index is 1590. The highest BCUT2D eigenvalue weighted by Crippen LogP contribution is 2.38. The quantitative estimate of drug-likeness (QED) is 0.296. The SMILES string of the molecule is COc1nc(N2CCN(C(=O)OC(C)(C)C)C(C)C2)c2cnc(-c3cccc4ccc(F)c(Cl)c34)c(F)c2n1. The number of ether oxygens (including phenoxy) is 2. The van der Waals surface area contributed by atoms with Crippen LogP contribution in [0.5, 0.6) is 6.01 Å². The molecular weight excluding hydrogens is 528 g/mol. The molecule has 5 rings (SSSR count). The summed E-state index contributed by atoms with van der Waals surface area (Å²) >= 11 is 6.29. The van der Waals surface area contributed by atoms with Gasteiger partial charge in [0.1, 0.15) is 28.4 Å². The summed E-state index contributed by atoms with van der Waals surface area (Å²) in [5.74, 6) is -0.876. The van der Waals surface area contributed by atoms with Gasteiger partial charge in [-0.25, -0.2) is 13.6 Å². The van der Waals surface area contributed by atoms with Crippen LogP contribution in [0.3, 0.4) is 0 Å². The zero-order valence-corrected chi connectivity index (χ0v) is 23.0. The Morgan fingerprint density at radius 3 is 2.59 bits per heavy atom. The molecule has 2 aromatic carbocycles. The van der Waals surface area contributed by atoms with Crippen LogP contribution in [-0.4, -0.2) is 64.3 Å². The van der Waals surface area contributed by atoms with Crippen LogP contribution in [0.2, 0.25) is 5.02 Å². The molecule has 11 heteroatoms. The first-order valence-electron chi connectivity index (χ1n) is 12.5. The molecule has 0 radical (unpaired) electrons. The second kappa shape index (κ2) is 10.1. The molecule has 1 aliphatic heterocycles. The zero-order valence-electron chi connectivity index (χ0n) is 22.3. The van der Waals surface area contributed by atoms with E-state index in [0.717, 1.165) is 0 Å². The Morgan fingerprint density at radius 2 is 1.90 bits per heavy atom. The topological polar surface area (TPSA) is 80.7 Å². The smallest absolute Gasteiger partial charge is 0.410 e. The maximum atomic E-state index is 16.1. The Balaban J connectivity index is 1.57. The Labute approximate surface area is 229 Å². The van der Waals surface area contributed by atoms with E-state index in [1.165, 1.54) is 19.4 Å². The molecule has 8 nitrogen and oxygen atoms in total. The van der Waals surface area contributed by atoms with Crippen molar-refractivity contribution in [2.45, 2.75) is 39.3 Å². The number of carbonyl (C=O) groups excluding carboxylic acids is 1. The van der Waals surface area contributed by atoms with Gasteiger partial charge in [0.2, 0.25) is 0 Å². The van der Waals surface area contributed by atoms with Gasteiger partial charge >= 0.3 is 12.1 Å². The number of hydrogen-bond donors (Lipinski definition) is 0. The van der Waals surface area contributed by atoms with Crippen LogP contribution in [0.15, 0.2) is 36.5 Å². The number of anilines is 1. The highest BCUT2D eigenvalue weighted by Gasteiger charge is 2.33. The largest absolute Gasteiger partial charge is 0.467 e. The van der Waals surface area contributed by atoms with Crippen LogP contribution >= 0.6 is 11.6 Å². The van der Waals surface area contributed by atoms with E-state index in [0.29, 0.717) is 47.2 Å². The molecule has 1 amide bonds. The summed E-state index contributed by atoms with van der Waals surface area (Å²) in [6, 6.07) is 7.78. The van der Waals surface area contributed by atoms with Gasteiger partial charge in [-0.1, -0.05) is 35.9 Å². The van der Waals surface area contributed by atoms with Crippen LogP contribution in [0.25, 0.3) is 32.9 Å². The molecule has 4 aromatic rings. The molecule has 0 bridgehead atoms. The van der Waals surface area contributed by atoms with Crippen LogP contribution in [0.4, 0.5) is 19.4 Å². The Morgan fingerprint density at radius 1 is 1.13 bits per heavy atom. The minimum Gasteiger partial charge on any atom is -0.467 e. The van der Waals surface area contributed by atoms with Crippen LogP contribution in [0, 0.1) is 11.6 Å². The third-order valence-electron chi connectivity index (χ3n) is 6.57. The highest BCUT2D eigenvalue weighted by atomic mass is 35.5. The molecule has 0 N–H and O–H groups in total. The van der Waals surface area contributed by atoms with Gasteiger partial charge in [0.15, 0.2) is 5.82 Å². The van der Waals surface area contributed by atoms with Gasteiger partial charge in [0, 0.05) is 42.8 Å². The summed E-state index contributed by atoms with van der Waals surface area (Å²) in [5.41, 5.74) is -0.273. The van der Waals surface area contributed by atoms with E-state index in [1.807, 2.05) is 32.6 Å². The molecule has 3 heterocycles. The number of fused-ring (bicyclic) bond motifs is 2. The average molecular weight is 556 g/mol. The number of nitrogens with zero attached hydrogens (tertiary/aromatic N) is 5. The number of rotatable bonds is 3. The standard InChI is InChI=1S/C28H28ClF2N5O3/c1-15-14-35(11-12-36(15)27(37)39-28(2,3)4)25-18-13-32-23(22(31)24(18)33-26(34-25)38-5)17-8-6-7-16-9-10-19(30)21(29)20(16)17/h6-10,13,15H,11-12,14H2,1-5H3. The normalized spacial score (nSPS) is 16.2. The number of benzene rings is 2. The average Bonchev–Trinajstić information content (AvgIpc) is 2.89. The van der Waals surface area contributed by atoms with E-state index in [4.69, 9.17) is 21.1 Å². The molecule has 1 atom stereocenters. The molecule has 2 aromatic heterocycles. The second-order valence-electron chi connectivity index (χ2n) is 10.5. The van der Waals surface area contributed by atoms with Gasteiger partial charge in [0.25, 0.3) is 0 Å². The summed E-state index contributed by atoms with van der Waals surface area (Å²) in [6.07, 6.45) is 1.11. The predicted molar refractivity (Wildman–Crippen MR) is 146 cm³/mol. The number of aromatic nitrogens is 3. The first kappa shape index (κ1) is 26.8. The fraction of sp³-hybridized carbons (Fsp3) is 0.357. The van der Waals surface area contributed by atoms with E-state index < -0.39 is 17.2 Å². The van der Waals surface area contributed by atoms with Crippen molar-refractivity contribution in [1.29, 1.82) is 0 Å². The van der Waals surface area contributed by atoms with Gasteiger partial charge in [-0.15, -0.1) is 0 Å². The lowest BCUT2D eigenvalue weighted by molar-refractivity contribution is 0.0158. The van der Waals surface area contributed by atoms with Gasteiger partial charge in [-0.3, -0.25) is 4.98 Å². The van der Waals surface area contributed by atoms with Gasteiger partial charge in [-0.2, -0.15) is 9.97 Å². The molecule has 0 aliphatic carbocycles. The van der Waals surface area contributed by atoms with E-state index in [1.54, 1.807) is 29.2 Å². The monoisotopic (exact) mass is 555 g/mol. The minimum atomic E-state index is -0.706. The van der Waals surface area contributed by atoms with E-state index in [2.05, 4.69) is 15.0 Å². The maximum Gasteiger partial charge on any atom is 0.410 e. The molecule has 0 saturated carbocycles. The van der Waals surface area contributed by atoms with E-state index in [9.17, 15) is 9.18 Å². The van der Waals surface area contributed by atoms with Crippen molar-refractivity contribution in [3.63, 3.8) is 0 Å². The number of methoxy groups -OCH3 is 1. The molecule has 1 unspecified atom stereocenters. The van der Waals surface area contributed by atoms with Crippen molar-refractivity contribution in [2.24, 2.45) is 0 Å². The molecule has 1 aliphatic rings. The van der Waals surface area contributed by atoms with Crippen molar-refractivity contribution in [1.82, 2.24) is 19.9 Å². The lowest BCUT2D eigenvalue weighted by Gasteiger charge is -2.40. The zero-order chi connectivity index (χ0) is 28.1. The minimum absolute atomic E-state index is 0.00797. The highest BCUT2D eigenvalue weighted by molar-refractivity contribution is 6.36. The predicted octanol–water partition coefficient (Wildman–Crippen LogP) is 6.23. The molecular formula is C28H28ClF2N5O3. The number of halogens is 3. The molecule has 1 fully saturated rings. The fourth-order valence-electron chi connectivity index (χ4n) is 4.79. The van der Waals surface area contributed by atoms with Crippen molar-refractivity contribution >= 4 is 45.2 Å². The fourth-order valence-corrected chi connectivity index (χ4v) is 5.06. The summed E-state index contributed by atoms with van der Waals surface area (Å²) in [7, 11) is 1.40. The van der Waals surface area contributed by atoms with Crippen molar-refractivity contribution in [3.05, 3.63) is 53.2 Å². The Hall–Kier alpha value is -3.79. The van der Waals surface area contributed by atoms with Gasteiger partial charge in [0.05, 0.1) is 17.5 Å². The third kappa shape index (κ3) is 5.01. The second-order valence-corrected chi connectivity index (χ2v) is 10.8. The molecule has 1 saturated heterocycles. The van der Waals surface area contributed by atoms with Crippen LogP contribution in [0.1, 0.15) is 27.7 Å². The van der Waals surface area contributed by atoms with E-state index in [-0.39, 0.29) is 34.4 Å². The number of amides is 1. The first-order chi connectivity index (χ1) is 18.5. The molecule has 204 valence electrons. The molecule has 39 heavy (non-hydrogen) atoms. The van der Waals surface area contributed by atoms with Crippen molar-refractivity contribution in [3.8, 4) is 17.3 Å². The van der Waals surface area contributed by atoms with Crippen LogP contribution < -0.4 is 9.64 Å². The van der Waals surface area contributed by atoms with Crippen molar-refractivity contribution < 1.29 is 23.0 Å². The third-order valence-corrected chi connectivity index (χ3v) is 6.94. The summed E-state index contributed by atoms with van der Waals surface area (Å²) in [5, 5.41) is 1.28. The summed E-state index contributed by atoms with van der Waals surface area (Å²) in [4.78, 5) is 29.5. The lowest BCUT2D eigenvalue weighted by atomic mass is 10.0.